The molecule has 0 aliphatic carbocycles. The van der Waals surface area contributed by atoms with E-state index in [9.17, 15) is 14.4 Å². The molecule has 0 spiro atoms. The van der Waals surface area contributed by atoms with Gasteiger partial charge in [-0.25, -0.2) is 4.79 Å². The van der Waals surface area contributed by atoms with Crippen molar-refractivity contribution >= 4 is 29.2 Å². The summed E-state index contributed by atoms with van der Waals surface area (Å²) in [6.07, 6.45) is 0. The lowest BCUT2D eigenvalue weighted by Gasteiger charge is -2.20. The fourth-order valence-corrected chi connectivity index (χ4v) is 2.66. The van der Waals surface area contributed by atoms with Gasteiger partial charge in [0, 0.05) is 37.1 Å². The van der Waals surface area contributed by atoms with Crippen LogP contribution in [-0.2, 0) is 9.53 Å². The summed E-state index contributed by atoms with van der Waals surface area (Å²) in [5, 5.41) is 5.14. The van der Waals surface area contributed by atoms with Crippen LogP contribution in [0.15, 0.2) is 48.5 Å². The van der Waals surface area contributed by atoms with E-state index in [-0.39, 0.29) is 5.91 Å². The van der Waals surface area contributed by atoms with Crippen LogP contribution in [0.1, 0.15) is 34.6 Å². The number of nitrogens with zero attached hydrogens (tertiary/aromatic N) is 1. The molecule has 2 N–H and O–H groups in total. The Hall–Kier alpha value is -3.35. The number of esters is 1. The van der Waals surface area contributed by atoms with Crippen LogP contribution in [0.25, 0.3) is 0 Å². The second-order valence-corrected chi connectivity index (χ2v) is 6.00. The molecule has 0 radical (unpaired) electrons. The topological polar surface area (TPSA) is 87.7 Å². The molecule has 0 aliphatic heterocycles. The van der Waals surface area contributed by atoms with E-state index in [1.807, 2.05) is 12.1 Å². The van der Waals surface area contributed by atoms with E-state index in [0.717, 1.165) is 18.8 Å². The second-order valence-electron chi connectivity index (χ2n) is 6.00. The molecule has 0 bridgehead atoms. The molecule has 0 aliphatic rings. The van der Waals surface area contributed by atoms with Crippen LogP contribution < -0.4 is 15.5 Å². The summed E-state index contributed by atoms with van der Waals surface area (Å²) in [6.45, 7) is 5.50. The van der Waals surface area contributed by atoms with Crippen LogP contribution in [0, 0.1) is 0 Å². The first-order chi connectivity index (χ1) is 13.5. The third kappa shape index (κ3) is 5.57. The van der Waals surface area contributed by atoms with Gasteiger partial charge in [-0.3, -0.25) is 9.59 Å². The summed E-state index contributed by atoms with van der Waals surface area (Å²) in [7, 11) is 1.55. The Morgan fingerprint density at radius 2 is 1.46 bits per heavy atom. The molecule has 2 rings (SSSR count). The molecule has 0 saturated heterocycles. The Labute approximate surface area is 164 Å². The van der Waals surface area contributed by atoms with Gasteiger partial charge in [-0.05, 0) is 62.4 Å². The van der Waals surface area contributed by atoms with Gasteiger partial charge in [-0.1, -0.05) is 0 Å². The summed E-state index contributed by atoms with van der Waals surface area (Å²) in [6, 6.07) is 13.5. The van der Waals surface area contributed by atoms with Crippen molar-refractivity contribution in [3.8, 4) is 0 Å². The van der Waals surface area contributed by atoms with Gasteiger partial charge in [0.2, 0.25) is 0 Å². The quantitative estimate of drug-likeness (QED) is 0.685. The first kappa shape index (κ1) is 21.0. The van der Waals surface area contributed by atoms with E-state index in [1.54, 1.807) is 43.4 Å². The van der Waals surface area contributed by atoms with Crippen LogP contribution in [0.4, 0.5) is 11.4 Å². The second kappa shape index (κ2) is 10.1. The number of ether oxygens (including phenoxy) is 1. The molecule has 0 atom stereocenters. The van der Waals surface area contributed by atoms with Gasteiger partial charge in [0.15, 0.2) is 6.61 Å². The molecule has 0 heterocycles. The summed E-state index contributed by atoms with van der Waals surface area (Å²) in [4.78, 5) is 37.7. The first-order valence-corrected chi connectivity index (χ1v) is 9.12. The number of benzene rings is 2. The van der Waals surface area contributed by atoms with Crippen molar-refractivity contribution in [2.75, 3.05) is 37.0 Å². The van der Waals surface area contributed by atoms with Gasteiger partial charge in [0.25, 0.3) is 11.8 Å². The molecular weight excluding hydrogens is 358 g/mol. The number of amides is 2. The fourth-order valence-electron chi connectivity index (χ4n) is 2.66. The van der Waals surface area contributed by atoms with Crippen LogP contribution >= 0.6 is 0 Å². The van der Waals surface area contributed by atoms with Crippen molar-refractivity contribution in [1.82, 2.24) is 5.32 Å². The smallest absolute Gasteiger partial charge is 0.338 e. The molecule has 2 aromatic carbocycles. The standard InChI is InChI=1S/C21H25N3O4/c1-4-24(5-2)18-12-8-16(9-13-18)21(27)28-14-19(25)23-17-10-6-15(7-11-17)20(26)22-3/h6-13H,4-5,14H2,1-3H3,(H,22,26)(H,23,25). The maximum absolute atomic E-state index is 12.1. The number of carbonyl (C=O) groups excluding carboxylic acids is 3. The maximum Gasteiger partial charge on any atom is 0.338 e. The average molecular weight is 383 g/mol. The normalized spacial score (nSPS) is 10.1. The Morgan fingerprint density at radius 1 is 0.893 bits per heavy atom. The van der Waals surface area contributed by atoms with Gasteiger partial charge < -0.3 is 20.3 Å². The van der Waals surface area contributed by atoms with Crippen molar-refractivity contribution in [3.05, 3.63) is 59.7 Å². The monoisotopic (exact) mass is 383 g/mol. The largest absolute Gasteiger partial charge is 0.452 e. The number of carbonyl (C=O) groups is 3. The predicted octanol–water partition coefficient (Wildman–Crippen LogP) is 2.69. The van der Waals surface area contributed by atoms with Gasteiger partial charge in [-0.2, -0.15) is 0 Å². The maximum atomic E-state index is 12.1. The molecule has 148 valence electrons. The molecule has 28 heavy (non-hydrogen) atoms. The molecule has 2 amide bonds. The molecule has 7 nitrogen and oxygen atoms in total. The predicted molar refractivity (Wildman–Crippen MR) is 109 cm³/mol. The number of rotatable bonds is 8. The Balaban J connectivity index is 1.86. The van der Waals surface area contributed by atoms with Gasteiger partial charge in [-0.15, -0.1) is 0 Å². The number of hydrogen-bond donors (Lipinski definition) is 2. The molecule has 2 aromatic rings. The Kier molecular flexibility index (Phi) is 7.56. The molecule has 0 saturated carbocycles. The highest BCUT2D eigenvalue weighted by molar-refractivity contribution is 5.97. The molecule has 0 unspecified atom stereocenters. The minimum atomic E-state index is -0.559. The number of nitrogens with one attached hydrogen (secondary N) is 2. The minimum Gasteiger partial charge on any atom is -0.452 e. The zero-order valence-corrected chi connectivity index (χ0v) is 16.3. The summed E-state index contributed by atoms with van der Waals surface area (Å²) < 4.78 is 5.07. The Bertz CT molecular complexity index is 813. The molecule has 0 fully saturated rings. The van der Waals surface area contributed by atoms with Crippen molar-refractivity contribution in [2.24, 2.45) is 0 Å². The average Bonchev–Trinajstić information content (AvgIpc) is 2.73. The van der Waals surface area contributed by atoms with Crippen molar-refractivity contribution in [3.63, 3.8) is 0 Å². The van der Waals surface area contributed by atoms with Crippen molar-refractivity contribution in [2.45, 2.75) is 13.8 Å². The number of hydrogen-bond acceptors (Lipinski definition) is 5. The summed E-state index contributed by atoms with van der Waals surface area (Å²) in [5.74, 6) is -1.23. The minimum absolute atomic E-state index is 0.209. The van der Waals surface area contributed by atoms with Crippen LogP contribution in [-0.4, -0.2) is 44.5 Å². The van der Waals surface area contributed by atoms with E-state index in [4.69, 9.17) is 4.74 Å². The molecular formula is C21H25N3O4. The van der Waals surface area contributed by atoms with Crippen molar-refractivity contribution < 1.29 is 19.1 Å². The first-order valence-electron chi connectivity index (χ1n) is 9.12. The van der Waals surface area contributed by atoms with Crippen molar-refractivity contribution in [1.29, 1.82) is 0 Å². The summed E-state index contributed by atoms with van der Waals surface area (Å²) in [5.41, 5.74) is 2.41. The van der Waals surface area contributed by atoms with E-state index < -0.39 is 18.5 Å². The number of anilines is 2. The van der Waals surface area contributed by atoms with E-state index in [0.29, 0.717) is 16.8 Å². The van der Waals surface area contributed by atoms with Gasteiger partial charge >= 0.3 is 5.97 Å². The third-order valence-electron chi connectivity index (χ3n) is 4.22. The fraction of sp³-hybridized carbons (Fsp3) is 0.286. The molecule has 0 aromatic heterocycles. The lowest BCUT2D eigenvalue weighted by molar-refractivity contribution is -0.119. The lowest BCUT2D eigenvalue weighted by atomic mass is 10.2. The zero-order chi connectivity index (χ0) is 20.5. The van der Waals surface area contributed by atoms with E-state index >= 15 is 0 Å². The summed E-state index contributed by atoms with van der Waals surface area (Å²) >= 11 is 0. The highest BCUT2D eigenvalue weighted by atomic mass is 16.5. The van der Waals surface area contributed by atoms with Crippen LogP contribution in [0.5, 0.6) is 0 Å². The van der Waals surface area contributed by atoms with Crippen LogP contribution in [0.2, 0.25) is 0 Å². The van der Waals surface area contributed by atoms with Gasteiger partial charge in [0.05, 0.1) is 5.56 Å². The van der Waals surface area contributed by atoms with E-state index in [1.165, 1.54) is 0 Å². The van der Waals surface area contributed by atoms with E-state index in [2.05, 4.69) is 29.4 Å². The van der Waals surface area contributed by atoms with Gasteiger partial charge in [0.1, 0.15) is 0 Å². The zero-order valence-electron chi connectivity index (χ0n) is 16.3. The SMILES string of the molecule is CCN(CC)c1ccc(C(=O)OCC(=O)Nc2ccc(C(=O)NC)cc2)cc1. The third-order valence-corrected chi connectivity index (χ3v) is 4.22. The Morgan fingerprint density at radius 3 is 2.00 bits per heavy atom. The van der Waals surface area contributed by atoms with Crippen LogP contribution in [0.3, 0.4) is 0 Å². The highest BCUT2D eigenvalue weighted by Crippen LogP contribution is 2.15. The lowest BCUT2D eigenvalue weighted by Crippen LogP contribution is -2.22. The molecule has 7 heteroatoms. The highest BCUT2D eigenvalue weighted by Gasteiger charge is 2.12.